The van der Waals surface area contributed by atoms with E-state index in [9.17, 15) is 0 Å². The molecule has 4 heteroatoms. The number of nitrogens with one attached hydrogen (secondary N) is 1. The highest BCUT2D eigenvalue weighted by Crippen LogP contribution is 2.22. The van der Waals surface area contributed by atoms with Crippen LogP contribution < -0.4 is 5.32 Å². The number of thiophene rings is 1. The van der Waals surface area contributed by atoms with Crippen LogP contribution in [-0.4, -0.2) is 31.6 Å². The smallest absolute Gasteiger partial charge is 0.0931 e. The molecule has 0 saturated heterocycles. The molecule has 1 aromatic rings. The molecule has 0 spiro atoms. The molecule has 0 radical (unpaired) electrons. The normalized spacial score (nSPS) is 11.7. The van der Waals surface area contributed by atoms with Crippen molar-refractivity contribution in [1.82, 2.24) is 10.2 Å². The molecule has 1 N–H and O–H groups in total. The van der Waals surface area contributed by atoms with Gasteiger partial charge in [0, 0.05) is 11.4 Å². The summed E-state index contributed by atoms with van der Waals surface area (Å²) in [7, 11) is 2.19. The maximum absolute atomic E-state index is 5.94. The lowest BCUT2D eigenvalue weighted by Crippen LogP contribution is -2.21. The molecule has 0 aliphatic rings. The van der Waals surface area contributed by atoms with Gasteiger partial charge < -0.3 is 10.2 Å². The van der Waals surface area contributed by atoms with E-state index in [4.69, 9.17) is 11.6 Å². The first-order chi connectivity index (χ1) is 9.58. The van der Waals surface area contributed by atoms with Crippen LogP contribution in [0.5, 0.6) is 0 Å². The quantitative estimate of drug-likeness (QED) is 0.598. The molecule has 0 unspecified atom stereocenters. The van der Waals surface area contributed by atoms with E-state index in [0.29, 0.717) is 0 Å². The maximum Gasteiger partial charge on any atom is 0.0931 e. The van der Waals surface area contributed by atoms with Gasteiger partial charge in [0.2, 0.25) is 0 Å². The Bertz CT molecular complexity index is 352. The predicted octanol–water partition coefficient (Wildman–Crippen LogP) is 4.64. The summed E-state index contributed by atoms with van der Waals surface area (Å²) in [6.45, 7) is 9.02. The zero-order chi connectivity index (χ0) is 14.8. The summed E-state index contributed by atoms with van der Waals surface area (Å²) < 4.78 is 0.891. The summed E-state index contributed by atoms with van der Waals surface area (Å²) in [4.78, 5) is 3.74. The molecule has 1 rings (SSSR count). The minimum absolute atomic E-state index is 0.759. The van der Waals surface area contributed by atoms with Crippen molar-refractivity contribution < 1.29 is 0 Å². The van der Waals surface area contributed by atoms with Crippen LogP contribution in [0, 0.1) is 5.92 Å². The van der Waals surface area contributed by atoms with Gasteiger partial charge in [-0.05, 0) is 57.6 Å². The first kappa shape index (κ1) is 18.0. The van der Waals surface area contributed by atoms with Gasteiger partial charge in [-0.3, -0.25) is 0 Å². The summed E-state index contributed by atoms with van der Waals surface area (Å²) in [6.07, 6.45) is 5.26. The molecule has 0 atom stereocenters. The Hall–Kier alpha value is -0.0900. The number of rotatable bonds is 11. The number of unbranched alkanes of at least 4 members (excludes halogenated alkanes) is 3. The van der Waals surface area contributed by atoms with E-state index in [1.165, 1.54) is 43.6 Å². The summed E-state index contributed by atoms with van der Waals surface area (Å²) in [5, 5.41) is 3.50. The Morgan fingerprint density at radius 1 is 1.20 bits per heavy atom. The Kier molecular flexibility index (Phi) is 9.53. The number of nitrogens with zero attached hydrogens (tertiary/aromatic N) is 1. The van der Waals surface area contributed by atoms with E-state index < -0.39 is 0 Å². The van der Waals surface area contributed by atoms with Gasteiger partial charge in [0.15, 0.2) is 0 Å². The second kappa shape index (κ2) is 10.6. The fraction of sp³-hybridized carbons (Fsp3) is 0.750. The number of hydrogen-bond acceptors (Lipinski definition) is 3. The third-order valence-corrected chi connectivity index (χ3v) is 4.47. The fourth-order valence-corrected chi connectivity index (χ4v) is 3.33. The van der Waals surface area contributed by atoms with Crippen molar-refractivity contribution in [2.75, 3.05) is 26.7 Å². The molecule has 1 aromatic heterocycles. The third kappa shape index (κ3) is 8.96. The molecule has 0 aliphatic carbocycles. The Balaban J connectivity index is 1.93. The van der Waals surface area contributed by atoms with Crippen molar-refractivity contribution in [1.29, 1.82) is 0 Å². The highest BCUT2D eigenvalue weighted by Gasteiger charge is 2.03. The second-order valence-electron chi connectivity index (χ2n) is 5.96. The van der Waals surface area contributed by atoms with Gasteiger partial charge in [0.25, 0.3) is 0 Å². The number of hydrogen-bond donors (Lipinski definition) is 1. The van der Waals surface area contributed by atoms with Crippen LogP contribution in [-0.2, 0) is 6.54 Å². The van der Waals surface area contributed by atoms with Crippen LogP contribution in [0.4, 0.5) is 0 Å². The third-order valence-electron chi connectivity index (χ3n) is 3.25. The lowest BCUT2D eigenvalue weighted by Gasteiger charge is -2.15. The summed E-state index contributed by atoms with van der Waals surface area (Å²) in [6, 6.07) is 4.11. The Morgan fingerprint density at radius 2 is 1.95 bits per heavy atom. The van der Waals surface area contributed by atoms with Crippen molar-refractivity contribution >= 4 is 22.9 Å². The van der Waals surface area contributed by atoms with Crippen LogP contribution in [0.25, 0.3) is 0 Å². The SMILES string of the molecule is CC(C)CNCCCCCCN(C)Cc1ccc(Cl)s1. The zero-order valence-corrected chi connectivity index (χ0v) is 14.7. The van der Waals surface area contributed by atoms with Crippen LogP contribution in [0.3, 0.4) is 0 Å². The molecular weight excluding hydrogens is 288 g/mol. The van der Waals surface area contributed by atoms with Crippen LogP contribution in [0.2, 0.25) is 4.34 Å². The second-order valence-corrected chi connectivity index (χ2v) is 7.76. The minimum atomic E-state index is 0.759. The average molecular weight is 317 g/mol. The monoisotopic (exact) mass is 316 g/mol. The molecular formula is C16H29ClN2S. The molecule has 0 amide bonds. The molecule has 0 aromatic carbocycles. The highest BCUT2D eigenvalue weighted by atomic mass is 35.5. The Morgan fingerprint density at radius 3 is 2.60 bits per heavy atom. The number of halogens is 1. The van der Waals surface area contributed by atoms with Crippen molar-refractivity contribution in [3.63, 3.8) is 0 Å². The van der Waals surface area contributed by atoms with Crippen LogP contribution >= 0.6 is 22.9 Å². The van der Waals surface area contributed by atoms with Crippen LogP contribution in [0.15, 0.2) is 12.1 Å². The van der Waals surface area contributed by atoms with E-state index in [0.717, 1.165) is 23.3 Å². The van der Waals surface area contributed by atoms with Crippen molar-refractivity contribution in [2.24, 2.45) is 5.92 Å². The minimum Gasteiger partial charge on any atom is -0.316 e. The Labute approximate surface area is 133 Å². The summed E-state index contributed by atoms with van der Waals surface area (Å²) in [5.74, 6) is 0.759. The lowest BCUT2D eigenvalue weighted by molar-refractivity contribution is 0.319. The summed E-state index contributed by atoms with van der Waals surface area (Å²) in [5.41, 5.74) is 0. The lowest BCUT2D eigenvalue weighted by atomic mass is 10.2. The largest absolute Gasteiger partial charge is 0.316 e. The summed E-state index contributed by atoms with van der Waals surface area (Å²) >= 11 is 7.63. The first-order valence-corrected chi connectivity index (χ1v) is 8.91. The fourth-order valence-electron chi connectivity index (χ4n) is 2.16. The van der Waals surface area contributed by atoms with Crippen molar-refractivity contribution in [3.05, 3.63) is 21.3 Å². The van der Waals surface area contributed by atoms with Gasteiger partial charge in [-0.1, -0.05) is 38.3 Å². The van der Waals surface area contributed by atoms with E-state index >= 15 is 0 Å². The van der Waals surface area contributed by atoms with Gasteiger partial charge >= 0.3 is 0 Å². The van der Waals surface area contributed by atoms with Crippen LogP contribution in [0.1, 0.15) is 44.4 Å². The maximum atomic E-state index is 5.94. The average Bonchev–Trinajstić information content (AvgIpc) is 2.77. The standard InChI is InChI=1S/C16H29ClN2S/c1-14(2)12-18-10-6-4-5-7-11-19(3)13-15-8-9-16(17)20-15/h8-9,14,18H,4-7,10-13H2,1-3H3. The van der Waals surface area contributed by atoms with Crippen molar-refractivity contribution in [3.8, 4) is 0 Å². The van der Waals surface area contributed by atoms with Crippen molar-refractivity contribution in [2.45, 2.75) is 46.1 Å². The molecule has 0 aliphatic heterocycles. The van der Waals surface area contributed by atoms with Gasteiger partial charge in [-0.15, -0.1) is 11.3 Å². The molecule has 1 heterocycles. The van der Waals surface area contributed by atoms with E-state index in [2.05, 4.69) is 37.2 Å². The highest BCUT2D eigenvalue weighted by molar-refractivity contribution is 7.16. The zero-order valence-electron chi connectivity index (χ0n) is 13.1. The van der Waals surface area contributed by atoms with E-state index in [1.807, 2.05) is 6.07 Å². The molecule has 0 fully saturated rings. The van der Waals surface area contributed by atoms with Gasteiger partial charge in [0.1, 0.15) is 0 Å². The van der Waals surface area contributed by atoms with Gasteiger partial charge in [-0.25, -0.2) is 0 Å². The molecule has 0 saturated carbocycles. The molecule has 116 valence electrons. The molecule has 0 bridgehead atoms. The van der Waals surface area contributed by atoms with Gasteiger partial charge in [-0.2, -0.15) is 0 Å². The topological polar surface area (TPSA) is 15.3 Å². The molecule has 2 nitrogen and oxygen atoms in total. The molecule has 20 heavy (non-hydrogen) atoms. The van der Waals surface area contributed by atoms with Gasteiger partial charge in [0.05, 0.1) is 4.34 Å². The first-order valence-electron chi connectivity index (χ1n) is 7.71. The predicted molar refractivity (Wildman–Crippen MR) is 91.8 cm³/mol. The van der Waals surface area contributed by atoms with E-state index in [1.54, 1.807) is 11.3 Å². The van der Waals surface area contributed by atoms with E-state index in [-0.39, 0.29) is 0 Å².